The fourth-order valence-electron chi connectivity index (χ4n) is 0.989. The van der Waals surface area contributed by atoms with E-state index >= 15 is 0 Å². The third kappa shape index (κ3) is 1.99. The summed E-state index contributed by atoms with van der Waals surface area (Å²) in [6, 6.07) is 0.141. The highest BCUT2D eigenvalue weighted by molar-refractivity contribution is 7.10. The summed E-state index contributed by atoms with van der Waals surface area (Å²) in [6.45, 7) is 2.02. The molecule has 14 heavy (non-hydrogen) atoms. The lowest BCUT2D eigenvalue weighted by molar-refractivity contribution is 0.867. The zero-order valence-corrected chi connectivity index (χ0v) is 9.10. The predicted octanol–water partition coefficient (Wildman–Crippen LogP) is 1.75. The first-order valence-corrected chi connectivity index (χ1v) is 5.66. The Balaban J connectivity index is 2.05. The Labute approximate surface area is 89.2 Å². The molecule has 2 aromatic rings. The van der Waals surface area contributed by atoms with Gasteiger partial charge in [-0.15, -0.1) is 11.3 Å². The van der Waals surface area contributed by atoms with Crippen LogP contribution in [0.4, 0.5) is 11.1 Å². The Hall–Kier alpha value is -1.21. The molecule has 7 heteroatoms. The van der Waals surface area contributed by atoms with Crippen LogP contribution in [0.1, 0.15) is 18.0 Å². The smallest absolute Gasteiger partial charge is 0.233 e. The van der Waals surface area contributed by atoms with Gasteiger partial charge in [-0.05, 0) is 6.92 Å². The van der Waals surface area contributed by atoms with Gasteiger partial charge in [0, 0.05) is 23.1 Å². The quantitative estimate of drug-likeness (QED) is 0.835. The van der Waals surface area contributed by atoms with Crippen molar-refractivity contribution in [2.75, 3.05) is 11.1 Å². The zero-order valence-electron chi connectivity index (χ0n) is 7.47. The highest BCUT2D eigenvalue weighted by Gasteiger charge is 2.09. The van der Waals surface area contributed by atoms with E-state index in [4.69, 9.17) is 5.73 Å². The summed E-state index contributed by atoms with van der Waals surface area (Å²) in [5, 5.41) is 6.88. The average Bonchev–Trinajstić information content (AvgIpc) is 2.75. The Bertz CT molecular complexity index is 396. The molecule has 2 aromatic heterocycles. The highest BCUT2D eigenvalue weighted by Crippen LogP contribution is 2.22. The van der Waals surface area contributed by atoms with Crippen molar-refractivity contribution >= 4 is 33.9 Å². The van der Waals surface area contributed by atoms with Gasteiger partial charge in [-0.1, -0.05) is 0 Å². The molecular formula is C7H9N5S2. The van der Waals surface area contributed by atoms with E-state index < -0.39 is 0 Å². The maximum absolute atomic E-state index is 5.41. The number of rotatable bonds is 3. The van der Waals surface area contributed by atoms with Gasteiger partial charge in [-0.2, -0.15) is 9.36 Å². The largest absolute Gasteiger partial charge is 0.367 e. The number of nitrogens with two attached hydrogens (primary N) is 1. The topological polar surface area (TPSA) is 76.7 Å². The molecule has 0 bridgehead atoms. The summed E-state index contributed by atoms with van der Waals surface area (Å²) >= 11 is 2.86. The van der Waals surface area contributed by atoms with Gasteiger partial charge < -0.3 is 11.1 Å². The van der Waals surface area contributed by atoms with E-state index in [0.29, 0.717) is 5.95 Å². The predicted molar refractivity (Wildman–Crippen MR) is 58.5 cm³/mol. The SMILES string of the molecule is CC(Nc1nc(N)ns1)c1nccs1. The second-order valence-electron chi connectivity index (χ2n) is 2.69. The molecule has 2 heterocycles. The summed E-state index contributed by atoms with van der Waals surface area (Å²) in [5.74, 6) is 0.309. The van der Waals surface area contributed by atoms with Crippen molar-refractivity contribution in [2.24, 2.45) is 0 Å². The normalized spacial score (nSPS) is 12.6. The number of hydrogen-bond acceptors (Lipinski definition) is 7. The number of thiazole rings is 1. The van der Waals surface area contributed by atoms with E-state index in [9.17, 15) is 0 Å². The van der Waals surface area contributed by atoms with Crippen LogP contribution < -0.4 is 11.1 Å². The van der Waals surface area contributed by atoms with Crippen molar-refractivity contribution in [1.29, 1.82) is 0 Å². The Morgan fingerprint density at radius 1 is 1.57 bits per heavy atom. The van der Waals surface area contributed by atoms with Gasteiger partial charge in [-0.25, -0.2) is 4.98 Å². The Morgan fingerprint density at radius 3 is 3.00 bits per heavy atom. The molecule has 0 aliphatic carbocycles. The van der Waals surface area contributed by atoms with Crippen LogP contribution in [0.5, 0.6) is 0 Å². The molecule has 0 fully saturated rings. The molecule has 1 unspecified atom stereocenters. The van der Waals surface area contributed by atoms with Crippen LogP contribution in [0.2, 0.25) is 0 Å². The van der Waals surface area contributed by atoms with Gasteiger partial charge in [-0.3, -0.25) is 0 Å². The number of anilines is 2. The first kappa shape index (κ1) is 9.35. The van der Waals surface area contributed by atoms with Crippen molar-refractivity contribution in [3.8, 4) is 0 Å². The van der Waals surface area contributed by atoms with Crippen molar-refractivity contribution in [3.63, 3.8) is 0 Å². The molecular weight excluding hydrogens is 218 g/mol. The number of aromatic nitrogens is 3. The Morgan fingerprint density at radius 2 is 2.43 bits per heavy atom. The summed E-state index contributed by atoms with van der Waals surface area (Å²) < 4.78 is 3.88. The van der Waals surface area contributed by atoms with Crippen LogP contribution >= 0.6 is 22.9 Å². The lowest BCUT2D eigenvalue weighted by Crippen LogP contribution is -2.05. The van der Waals surface area contributed by atoms with E-state index in [0.717, 1.165) is 10.1 Å². The molecule has 0 radical (unpaired) electrons. The van der Waals surface area contributed by atoms with Crippen molar-refractivity contribution in [1.82, 2.24) is 14.3 Å². The molecule has 0 saturated carbocycles. The van der Waals surface area contributed by atoms with Crippen molar-refractivity contribution in [2.45, 2.75) is 13.0 Å². The lowest BCUT2D eigenvalue weighted by Gasteiger charge is -2.08. The molecule has 0 amide bonds. The maximum atomic E-state index is 5.41. The lowest BCUT2D eigenvalue weighted by atomic mass is 10.4. The summed E-state index contributed by atoms with van der Waals surface area (Å²) in [6.07, 6.45) is 1.78. The van der Waals surface area contributed by atoms with Gasteiger partial charge in [0.25, 0.3) is 0 Å². The van der Waals surface area contributed by atoms with Crippen LogP contribution in [-0.4, -0.2) is 14.3 Å². The monoisotopic (exact) mass is 227 g/mol. The highest BCUT2D eigenvalue weighted by atomic mass is 32.1. The second-order valence-corrected chi connectivity index (χ2v) is 4.37. The van der Waals surface area contributed by atoms with Crippen molar-refractivity contribution < 1.29 is 0 Å². The van der Waals surface area contributed by atoms with Crippen molar-refractivity contribution in [3.05, 3.63) is 16.6 Å². The van der Waals surface area contributed by atoms with Gasteiger partial charge in [0.05, 0.1) is 6.04 Å². The first-order chi connectivity index (χ1) is 6.75. The Kier molecular flexibility index (Phi) is 2.60. The molecule has 5 nitrogen and oxygen atoms in total. The molecule has 1 atom stereocenters. The first-order valence-electron chi connectivity index (χ1n) is 4.01. The number of nitrogens with one attached hydrogen (secondary N) is 1. The summed E-state index contributed by atoms with van der Waals surface area (Å²) in [5.41, 5.74) is 5.41. The number of nitrogen functional groups attached to an aromatic ring is 1. The molecule has 0 aliphatic heterocycles. The average molecular weight is 227 g/mol. The molecule has 0 aromatic carbocycles. The summed E-state index contributed by atoms with van der Waals surface area (Å²) in [7, 11) is 0. The second kappa shape index (κ2) is 3.89. The van der Waals surface area contributed by atoms with Crippen LogP contribution in [0.15, 0.2) is 11.6 Å². The molecule has 0 aliphatic rings. The zero-order chi connectivity index (χ0) is 9.97. The van der Waals surface area contributed by atoms with Crippen LogP contribution in [-0.2, 0) is 0 Å². The summed E-state index contributed by atoms with van der Waals surface area (Å²) in [4.78, 5) is 8.21. The van der Waals surface area contributed by atoms with Gasteiger partial charge in [0.1, 0.15) is 5.01 Å². The third-order valence-electron chi connectivity index (χ3n) is 1.60. The number of nitrogens with zero attached hydrogens (tertiary/aromatic N) is 3. The van der Waals surface area contributed by atoms with E-state index in [1.807, 2.05) is 12.3 Å². The van der Waals surface area contributed by atoms with Gasteiger partial charge in [0.15, 0.2) is 0 Å². The van der Waals surface area contributed by atoms with E-state index in [-0.39, 0.29) is 6.04 Å². The van der Waals surface area contributed by atoms with Crippen LogP contribution in [0.25, 0.3) is 0 Å². The molecule has 0 spiro atoms. The minimum atomic E-state index is 0.141. The fraction of sp³-hybridized carbons (Fsp3) is 0.286. The van der Waals surface area contributed by atoms with Gasteiger partial charge in [0.2, 0.25) is 11.1 Å². The van der Waals surface area contributed by atoms with Crippen LogP contribution in [0.3, 0.4) is 0 Å². The molecule has 0 saturated heterocycles. The standard InChI is InChI=1S/C7H9N5S2/c1-4(5-9-2-3-13-5)10-7-11-6(8)12-14-7/h2-4H,1H3,(H3,8,10,11,12). The number of hydrogen-bond donors (Lipinski definition) is 2. The molecule has 3 N–H and O–H groups in total. The van der Waals surface area contributed by atoms with E-state index in [2.05, 4.69) is 19.7 Å². The third-order valence-corrected chi connectivity index (χ3v) is 3.22. The molecule has 2 rings (SSSR count). The maximum Gasteiger partial charge on any atom is 0.233 e. The minimum Gasteiger partial charge on any atom is -0.367 e. The van der Waals surface area contributed by atoms with E-state index in [1.54, 1.807) is 17.5 Å². The minimum absolute atomic E-state index is 0.141. The van der Waals surface area contributed by atoms with Crippen LogP contribution in [0, 0.1) is 0 Å². The van der Waals surface area contributed by atoms with E-state index in [1.165, 1.54) is 11.5 Å². The molecule has 74 valence electrons. The fourth-order valence-corrected chi connectivity index (χ4v) is 2.22. The van der Waals surface area contributed by atoms with Gasteiger partial charge >= 0.3 is 0 Å².